The van der Waals surface area contributed by atoms with Crippen molar-refractivity contribution in [1.82, 2.24) is 0 Å². The molecule has 0 heterocycles. The van der Waals surface area contributed by atoms with Gasteiger partial charge in [0.25, 0.3) is 0 Å². The van der Waals surface area contributed by atoms with Crippen LogP contribution in [0.2, 0.25) is 0 Å². The topological polar surface area (TPSA) is 0 Å². The Morgan fingerprint density at radius 2 is 1.58 bits per heavy atom. The van der Waals surface area contributed by atoms with Crippen molar-refractivity contribution in [1.29, 1.82) is 0 Å². The minimum Gasteiger partial charge on any atom is -0.170 e. The molecule has 0 atom stereocenters. The van der Waals surface area contributed by atoms with Crippen molar-refractivity contribution in [2.45, 2.75) is 43.0 Å². The molecule has 0 amide bonds. The maximum atomic E-state index is 12.3. The molecule has 0 aromatic rings. The van der Waals surface area contributed by atoms with E-state index in [1.54, 1.807) is 0 Å². The summed E-state index contributed by atoms with van der Waals surface area (Å²) < 4.78 is 35.3. The molecule has 0 nitrogen and oxygen atoms in total. The van der Waals surface area contributed by atoms with Gasteiger partial charge in [0.05, 0.1) is 0 Å². The van der Waals surface area contributed by atoms with E-state index in [2.05, 4.69) is 12.6 Å². The number of halogens is 3. The van der Waals surface area contributed by atoms with Crippen LogP contribution < -0.4 is 0 Å². The number of thiol groups is 1. The zero-order valence-corrected chi connectivity index (χ0v) is 7.51. The molecule has 2 aliphatic rings. The highest BCUT2D eigenvalue weighted by Gasteiger charge is 2.66. The zero-order chi connectivity index (χ0) is 9.04. The summed E-state index contributed by atoms with van der Waals surface area (Å²) in [6.07, 6.45) is -0.575. The highest BCUT2D eigenvalue weighted by Crippen LogP contribution is 2.66. The van der Waals surface area contributed by atoms with Crippen molar-refractivity contribution < 1.29 is 13.2 Å². The van der Waals surface area contributed by atoms with Crippen LogP contribution in [0.25, 0.3) is 0 Å². The van der Waals surface area contributed by atoms with Gasteiger partial charge in [-0.15, -0.1) is 0 Å². The SMILES string of the molecule is FC(F)(F)C1(S)CC2(CCC2)C1. The van der Waals surface area contributed by atoms with Gasteiger partial charge in [0.1, 0.15) is 4.75 Å². The van der Waals surface area contributed by atoms with Gasteiger partial charge in [0.15, 0.2) is 0 Å². The predicted molar refractivity (Wildman–Crippen MR) is 43.3 cm³/mol. The molecule has 1 spiro atoms. The first-order chi connectivity index (χ1) is 5.37. The summed E-state index contributed by atoms with van der Waals surface area (Å²) in [4.78, 5) is 0. The summed E-state index contributed by atoms with van der Waals surface area (Å²) in [5, 5.41) is 0. The number of alkyl halides is 3. The molecule has 4 heteroatoms. The predicted octanol–water partition coefficient (Wildman–Crippen LogP) is 3.18. The highest BCUT2D eigenvalue weighted by molar-refractivity contribution is 7.82. The third kappa shape index (κ3) is 0.998. The quantitative estimate of drug-likeness (QED) is 0.565. The molecule has 0 radical (unpaired) electrons. The molecule has 0 aromatic heterocycles. The Balaban J connectivity index is 2.01. The van der Waals surface area contributed by atoms with Crippen LogP contribution in [-0.2, 0) is 0 Å². The van der Waals surface area contributed by atoms with E-state index in [0.717, 1.165) is 19.3 Å². The lowest BCUT2D eigenvalue weighted by Gasteiger charge is -2.59. The van der Waals surface area contributed by atoms with Crippen LogP contribution in [0.5, 0.6) is 0 Å². The molecular formula is C8H11F3S. The average molecular weight is 196 g/mol. The summed E-state index contributed by atoms with van der Waals surface area (Å²) in [5.41, 5.74) is 0.0390. The molecule has 2 aliphatic carbocycles. The molecule has 70 valence electrons. The van der Waals surface area contributed by atoms with E-state index in [0.29, 0.717) is 0 Å². The molecule has 0 aliphatic heterocycles. The van der Waals surface area contributed by atoms with Gasteiger partial charge in [-0.3, -0.25) is 0 Å². The lowest BCUT2D eigenvalue weighted by molar-refractivity contribution is -0.212. The van der Waals surface area contributed by atoms with Gasteiger partial charge < -0.3 is 0 Å². The van der Waals surface area contributed by atoms with E-state index >= 15 is 0 Å². The van der Waals surface area contributed by atoms with Crippen LogP contribution >= 0.6 is 12.6 Å². The smallest absolute Gasteiger partial charge is 0.170 e. The fourth-order valence-corrected chi connectivity index (χ4v) is 3.09. The second kappa shape index (κ2) is 2.14. The number of hydrogen-bond donors (Lipinski definition) is 1. The molecule has 2 fully saturated rings. The first-order valence-corrected chi connectivity index (χ1v) is 4.61. The van der Waals surface area contributed by atoms with Gasteiger partial charge in [-0.2, -0.15) is 25.8 Å². The van der Waals surface area contributed by atoms with Gasteiger partial charge in [-0.1, -0.05) is 6.42 Å². The third-order valence-electron chi connectivity index (χ3n) is 3.28. The van der Waals surface area contributed by atoms with E-state index in [1.807, 2.05) is 0 Å². The summed E-state index contributed by atoms with van der Waals surface area (Å²) in [6.45, 7) is 0. The van der Waals surface area contributed by atoms with Crippen molar-refractivity contribution in [2.24, 2.45) is 5.41 Å². The first-order valence-electron chi connectivity index (χ1n) is 4.16. The van der Waals surface area contributed by atoms with E-state index in [1.165, 1.54) is 0 Å². The molecule has 0 N–H and O–H groups in total. The largest absolute Gasteiger partial charge is 0.403 e. The monoisotopic (exact) mass is 196 g/mol. The van der Waals surface area contributed by atoms with Crippen molar-refractivity contribution in [3.05, 3.63) is 0 Å². The van der Waals surface area contributed by atoms with Gasteiger partial charge in [0.2, 0.25) is 0 Å². The van der Waals surface area contributed by atoms with Gasteiger partial charge in [-0.25, -0.2) is 0 Å². The van der Waals surface area contributed by atoms with E-state index in [9.17, 15) is 13.2 Å². The minimum atomic E-state index is -4.11. The number of rotatable bonds is 0. The van der Waals surface area contributed by atoms with Crippen LogP contribution in [0.3, 0.4) is 0 Å². The third-order valence-corrected chi connectivity index (χ3v) is 3.85. The molecule has 2 saturated carbocycles. The Morgan fingerprint density at radius 1 is 1.08 bits per heavy atom. The molecule has 0 unspecified atom stereocenters. The van der Waals surface area contributed by atoms with Crippen molar-refractivity contribution in [3.8, 4) is 0 Å². The number of hydrogen-bond acceptors (Lipinski definition) is 1. The lowest BCUT2D eigenvalue weighted by atomic mass is 9.51. The second-order valence-electron chi connectivity index (χ2n) is 4.24. The molecule has 12 heavy (non-hydrogen) atoms. The van der Waals surface area contributed by atoms with E-state index < -0.39 is 10.9 Å². The fraction of sp³-hybridized carbons (Fsp3) is 1.00. The summed E-state index contributed by atoms with van der Waals surface area (Å²) in [6, 6.07) is 0. The normalized spacial score (nSPS) is 31.0. The maximum Gasteiger partial charge on any atom is 0.403 e. The fourth-order valence-electron chi connectivity index (χ4n) is 2.42. The van der Waals surface area contributed by atoms with Crippen molar-refractivity contribution in [3.63, 3.8) is 0 Å². The summed E-state index contributed by atoms with van der Waals surface area (Å²) in [7, 11) is 0. The average Bonchev–Trinajstić information content (AvgIpc) is 1.73. The van der Waals surface area contributed by atoms with Gasteiger partial charge in [-0.05, 0) is 31.1 Å². The highest BCUT2D eigenvalue weighted by atomic mass is 32.1. The molecular weight excluding hydrogens is 185 g/mol. The first kappa shape index (κ1) is 8.73. The standard InChI is InChI=1S/C8H11F3S/c9-8(10,11)7(12)4-6(5-7)2-1-3-6/h12H,1-5H2. The Hall–Kier alpha value is 0.140. The van der Waals surface area contributed by atoms with E-state index in [4.69, 9.17) is 0 Å². The Kier molecular flexibility index (Phi) is 1.56. The van der Waals surface area contributed by atoms with Gasteiger partial charge >= 0.3 is 6.18 Å². The Morgan fingerprint density at radius 3 is 1.83 bits per heavy atom. The zero-order valence-electron chi connectivity index (χ0n) is 6.62. The maximum absolute atomic E-state index is 12.3. The van der Waals surface area contributed by atoms with Crippen LogP contribution in [0.4, 0.5) is 13.2 Å². The van der Waals surface area contributed by atoms with Crippen LogP contribution in [-0.4, -0.2) is 10.9 Å². The van der Waals surface area contributed by atoms with Crippen LogP contribution in [0.1, 0.15) is 32.1 Å². The summed E-state index contributed by atoms with van der Waals surface area (Å²) >= 11 is 3.73. The molecule has 0 bridgehead atoms. The van der Waals surface area contributed by atoms with Crippen molar-refractivity contribution >= 4 is 12.6 Å². The van der Waals surface area contributed by atoms with Gasteiger partial charge in [0, 0.05) is 0 Å². The van der Waals surface area contributed by atoms with Crippen LogP contribution in [0, 0.1) is 5.41 Å². The van der Waals surface area contributed by atoms with E-state index in [-0.39, 0.29) is 18.3 Å². The molecule has 0 aromatic carbocycles. The van der Waals surface area contributed by atoms with Crippen LogP contribution in [0.15, 0.2) is 0 Å². The second-order valence-corrected chi connectivity index (χ2v) is 5.09. The summed E-state index contributed by atoms with van der Waals surface area (Å²) in [5.74, 6) is 0. The van der Waals surface area contributed by atoms with Crippen molar-refractivity contribution in [2.75, 3.05) is 0 Å². The Labute approximate surface area is 74.9 Å². The Bertz CT molecular complexity index is 197. The molecule has 0 saturated heterocycles. The lowest BCUT2D eigenvalue weighted by Crippen LogP contribution is -2.59. The minimum absolute atomic E-state index is 0.0390. The molecule has 2 rings (SSSR count).